The highest BCUT2D eigenvalue weighted by atomic mass is 35.5. The summed E-state index contributed by atoms with van der Waals surface area (Å²) in [5.41, 5.74) is 3.71. The minimum Gasteiger partial charge on any atom is -0.297 e. The van der Waals surface area contributed by atoms with Crippen LogP contribution < -0.4 is 0 Å². The number of benzene rings is 1. The second-order valence-electron chi connectivity index (χ2n) is 5.61. The van der Waals surface area contributed by atoms with Gasteiger partial charge in [-0.1, -0.05) is 48.7 Å². The number of allylic oxidation sites excluding steroid dienone is 1. The van der Waals surface area contributed by atoms with E-state index in [-0.39, 0.29) is 0 Å². The Morgan fingerprint density at radius 3 is 2.55 bits per heavy atom. The van der Waals surface area contributed by atoms with Gasteiger partial charge < -0.3 is 0 Å². The second kappa shape index (κ2) is 6.45. The lowest BCUT2D eigenvalue weighted by molar-refractivity contribution is 0.302. The van der Waals surface area contributed by atoms with Crippen molar-refractivity contribution in [3.05, 3.63) is 41.0 Å². The zero-order valence-corrected chi connectivity index (χ0v) is 12.6. The number of hydrogen-bond donors (Lipinski definition) is 0. The SMILES string of the molecule is ClC1=C(C=NN2CCCCCC2)CCc2ccccc21. The predicted octanol–water partition coefficient (Wildman–Crippen LogP) is 4.44. The van der Waals surface area contributed by atoms with Gasteiger partial charge in [-0.2, -0.15) is 5.10 Å². The molecular weight excluding hydrogens is 268 g/mol. The van der Waals surface area contributed by atoms with Crippen molar-refractivity contribution in [2.45, 2.75) is 38.5 Å². The normalized spacial score (nSPS) is 20.1. The van der Waals surface area contributed by atoms with E-state index in [1.54, 1.807) is 0 Å². The van der Waals surface area contributed by atoms with E-state index in [0.717, 1.165) is 31.0 Å². The van der Waals surface area contributed by atoms with Crippen LogP contribution in [-0.2, 0) is 6.42 Å². The second-order valence-corrected chi connectivity index (χ2v) is 5.99. The highest BCUT2D eigenvalue weighted by Crippen LogP contribution is 2.33. The van der Waals surface area contributed by atoms with Crippen LogP contribution in [-0.4, -0.2) is 24.3 Å². The Morgan fingerprint density at radius 2 is 1.75 bits per heavy atom. The van der Waals surface area contributed by atoms with Gasteiger partial charge in [0.1, 0.15) is 0 Å². The third-order valence-electron chi connectivity index (χ3n) is 4.16. The summed E-state index contributed by atoms with van der Waals surface area (Å²) in [7, 11) is 0. The van der Waals surface area contributed by atoms with E-state index in [2.05, 4.69) is 34.4 Å². The van der Waals surface area contributed by atoms with Crippen molar-refractivity contribution in [3.63, 3.8) is 0 Å². The summed E-state index contributed by atoms with van der Waals surface area (Å²) < 4.78 is 0. The van der Waals surface area contributed by atoms with E-state index in [0.29, 0.717) is 0 Å². The number of hydrogen-bond acceptors (Lipinski definition) is 2. The maximum Gasteiger partial charge on any atom is 0.0529 e. The molecule has 3 rings (SSSR count). The molecule has 0 atom stereocenters. The lowest BCUT2D eigenvalue weighted by Crippen LogP contribution is -2.18. The Bertz CT molecular complexity index is 526. The van der Waals surface area contributed by atoms with Crippen molar-refractivity contribution in [1.29, 1.82) is 0 Å². The minimum atomic E-state index is 0.880. The molecule has 20 heavy (non-hydrogen) atoms. The first-order chi connectivity index (χ1) is 9.84. The van der Waals surface area contributed by atoms with Crippen molar-refractivity contribution in [2.24, 2.45) is 5.10 Å². The van der Waals surface area contributed by atoms with Crippen LogP contribution in [0.4, 0.5) is 0 Å². The highest BCUT2D eigenvalue weighted by molar-refractivity contribution is 6.50. The molecule has 0 radical (unpaired) electrons. The average molecular weight is 289 g/mol. The first kappa shape index (κ1) is 13.7. The molecule has 0 spiro atoms. The molecule has 106 valence electrons. The molecule has 0 unspecified atom stereocenters. The monoisotopic (exact) mass is 288 g/mol. The predicted molar refractivity (Wildman–Crippen MR) is 86.1 cm³/mol. The molecule has 2 aliphatic rings. The summed E-state index contributed by atoms with van der Waals surface area (Å²) in [6.45, 7) is 2.16. The molecule has 1 aromatic rings. The van der Waals surface area contributed by atoms with E-state index in [1.807, 2.05) is 6.21 Å². The van der Waals surface area contributed by atoms with Gasteiger partial charge in [-0.05, 0) is 42.4 Å². The van der Waals surface area contributed by atoms with Gasteiger partial charge in [0.25, 0.3) is 0 Å². The molecule has 1 fully saturated rings. The van der Waals surface area contributed by atoms with Gasteiger partial charge >= 0.3 is 0 Å². The van der Waals surface area contributed by atoms with Gasteiger partial charge in [-0.3, -0.25) is 5.01 Å². The Morgan fingerprint density at radius 1 is 1.00 bits per heavy atom. The fourth-order valence-corrected chi connectivity index (χ4v) is 3.27. The minimum absolute atomic E-state index is 0.880. The molecule has 1 saturated heterocycles. The van der Waals surface area contributed by atoms with E-state index in [1.165, 1.54) is 42.4 Å². The van der Waals surface area contributed by atoms with Crippen molar-refractivity contribution < 1.29 is 0 Å². The maximum atomic E-state index is 6.53. The molecule has 0 saturated carbocycles. The summed E-state index contributed by atoms with van der Waals surface area (Å²) in [5, 5.41) is 7.74. The number of rotatable bonds is 2. The molecule has 1 aliphatic carbocycles. The number of halogens is 1. The summed E-state index contributed by atoms with van der Waals surface area (Å²) in [5.74, 6) is 0. The number of fused-ring (bicyclic) bond motifs is 1. The van der Waals surface area contributed by atoms with E-state index < -0.39 is 0 Å². The number of aryl methyl sites for hydroxylation is 1. The highest BCUT2D eigenvalue weighted by Gasteiger charge is 2.16. The zero-order valence-electron chi connectivity index (χ0n) is 11.8. The first-order valence-corrected chi connectivity index (χ1v) is 7.98. The molecule has 0 aromatic heterocycles. The van der Waals surface area contributed by atoms with Crippen LogP contribution in [0.1, 0.15) is 43.2 Å². The molecule has 0 N–H and O–H groups in total. The van der Waals surface area contributed by atoms with Crippen LogP contribution in [0.15, 0.2) is 34.9 Å². The molecule has 0 bridgehead atoms. The van der Waals surface area contributed by atoms with Crippen LogP contribution in [0, 0.1) is 0 Å². The molecule has 0 amide bonds. The summed E-state index contributed by atoms with van der Waals surface area (Å²) >= 11 is 6.53. The molecule has 2 nitrogen and oxygen atoms in total. The lowest BCUT2D eigenvalue weighted by atomic mass is 9.92. The number of nitrogens with zero attached hydrogens (tertiary/aromatic N) is 2. The van der Waals surface area contributed by atoms with Gasteiger partial charge in [0.05, 0.1) is 11.2 Å². The van der Waals surface area contributed by atoms with E-state index in [9.17, 15) is 0 Å². The number of hydrazone groups is 1. The van der Waals surface area contributed by atoms with Crippen LogP contribution in [0.2, 0.25) is 0 Å². The molecule has 1 heterocycles. The summed E-state index contributed by atoms with van der Waals surface area (Å²) in [6, 6.07) is 8.41. The first-order valence-electron chi connectivity index (χ1n) is 7.60. The van der Waals surface area contributed by atoms with Crippen molar-refractivity contribution >= 4 is 22.8 Å². The van der Waals surface area contributed by atoms with Gasteiger partial charge in [-0.25, -0.2) is 0 Å². The smallest absolute Gasteiger partial charge is 0.0529 e. The third kappa shape index (κ3) is 3.06. The standard InChI is InChI=1S/C17H21ClN2/c18-17-15(10-9-14-7-3-4-8-16(14)17)13-19-20-11-5-1-2-6-12-20/h3-4,7-8,13H,1-2,5-6,9-12H2. The van der Waals surface area contributed by atoms with Crippen LogP contribution >= 0.6 is 11.6 Å². The Balaban J connectivity index is 1.77. The molecular formula is C17H21ClN2. The van der Waals surface area contributed by atoms with Crippen LogP contribution in [0.3, 0.4) is 0 Å². The van der Waals surface area contributed by atoms with Crippen LogP contribution in [0.5, 0.6) is 0 Å². The van der Waals surface area contributed by atoms with E-state index in [4.69, 9.17) is 11.6 Å². The van der Waals surface area contributed by atoms with Crippen molar-refractivity contribution in [2.75, 3.05) is 13.1 Å². The van der Waals surface area contributed by atoms with Gasteiger partial charge in [0, 0.05) is 13.1 Å². The largest absolute Gasteiger partial charge is 0.297 e. The maximum absolute atomic E-state index is 6.53. The Hall–Kier alpha value is -1.28. The van der Waals surface area contributed by atoms with Gasteiger partial charge in [0.15, 0.2) is 0 Å². The average Bonchev–Trinajstić information content (AvgIpc) is 2.76. The lowest BCUT2D eigenvalue weighted by Gasteiger charge is -2.19. The quantitative estimate of drug-likeness (QED) is 0.734. The van der Waals surface area contributed by atoms with Crippen molar-refractivity contribution in [3.8, 4) is 0 Å². The molecule has 1 aliphatic heterocycles. The van der Waals surface area contributed by atoms with Crippen molar-refractivity contribution in [1.82, 2.24) is 5.01 Å². The van der Waals surface area contributed by atoms with Crippen LogP contribution in [0.25, 0.3) is 5.03 Å². The summed E-state index contributed by atoms with van der Waals surface area (Å²) in [4.78, 5) is 0. The topological polar surface area (TPSA) is 15.6 Å². The Kier molecular flexibility index (Phi) is 4.41. The Labute approximate surface area is 126 Å². The van der Waals surface area contributed by atoms with Gasteiger partial charge in [-0.15, -0.1) is 0 Å². The molecule has 3 heteroatoms. The van der Waals surface area contributed by atoms with E-state index >= 15 is 0 Å². The molecule has 1 aromatic carbocycles. The fraction of sp³-hybridized carbons (Fsp3) is 0.471. The summed E-state index contributed by atoms with van der Waals surface area (Å²) in [6.07, 6.45) is 9.23. The third-order valence-corrected chi connectivity index (χ3v) is 4.61. The van der Waals surface area contributed by atoms with Gasteiger partial charge in [0.2, 0.25) is 0 Å². The fourth-order valence-electron chi connectivity index (χ4n) is 2.95. The zero-order chi connectivity index (χ0) is 13.8.